The Morgan fingerprint density at radius 2 is 2.06 bits per heavy atom. The molecule has 1 atom stereocenters. The summed E-state index contributed by atoms with van der Waals surface area (Å²) in [5.74, 6) is 0.132. The number of H-pyrrole nitrogens is 1. The summed E-state index contributed by atoms with van der Waals surface area (Å²) in [5.41, 5.74) is 6.09. The van der Waals surface area contributed by atoms with Gasteiger partial charge in [-0.25, -0.2) is 0 Å². The molecule has 1 unspecified atom stereocenters. The normalized spacial score (nSPS) is 12.3. The molecule has 0 saturated heterocycles. The van der Waals surface area contributed by atoms with E-state index in [1.807, 2.05) is 13.0 Å². The lowest BCUT2D eigenvalue weighted by atomic mass is 10.1. The Kier molecular flexibility index (Phi) is 3.43. The highest BCUT2D eigenvalue weighted by molar-refractivity contribution is 5.66. The van der Waals surface area contributed by atoms with E-state index < -0.39 is 0 Å². The summed E-state index contributed by atoms with van der Waals surface area (Å²) in [6.45, 7) is 1.81. The molecular formula is C13H15N3O2. The van der Waals surface area contributed by atoms with Crippen LogP contribution in [0.2, 0.25) is 0 Å². The average Bonchev–Trinajstić information content (AvgIpc) is 2.28. The lowest BCUT2D eigenvalue weighted by Gasteiger charge is -2.07. The van der Waals surface area contributed by atoms with E-state index in [1.165, 1.54) is 0 Å². The third-order valence-corrected chi connectivity index (χ3v) is 2.53. The predicted octanol–water partition coefficient (Wildman–Crippen LogP) is 1.03. The second kappa shape index (κ2) is 5.01. The van der Waals surface area contributed by atoms with Crippen molar-refractivity contribution in [3.8, 4) is 17.0 Å². The van der Waals surface area contributed by atoms with Crippen molar-refractivity contribution in [2.45, 2.75) is 19.4 Å². The molecule has 2 rings (SSSR count). The molecule has 94 valence electrons. The Labute approximate surface area is 104 Å². The number of aromatic hydroxyl groups is 1. The van der Waals surface area contributed by atoms with Gasteiger partial charge in [0.15, 0.2) is 0 Å². The van der Waals surface area contributed by atoms with Gasteiger partial charge in [0.05, 0.1) is 0 Å². The largest absolute Gasteiger partial charge is 0.493 e. The number of hydrogen-bond acceptors (Lipinski definition) is 4. The highest BCUT2D eigenvalue weighted by Gasteiger charge is 2.13. The Bertz CT molecular complexity index is 591. The molecule has 2 aromatic rings. The maximum Gasteiger partial charge on any atom is 0.262 e. The van der Waals surface area contributed by atoms with Gasteiger partial charge in [0.1, 0.15) is 11.4 Å². The maximum atomic E-state index is 11.9. The van der Waals surface area contributed by atoms with Crippen molar-refractivity contribution in [2.24, 2.45) is 5.73 Å². The molecule has 0 radical (unpaired) electrons. The number of nitrogens with two attached hydrogens (primary N) is 1. The lowest BCUT2D eigenvalue weighted by molar-refractivity contribution is 0.449. The van der Waals surface area contributed by atoms with E-state index in [4.69, 9.17) is 5.73 Å². The zero-order chi connectivity index (χ0) is 13.1. The van der Waals surface area contributed by atoms with Crippen molar-refractivity contribution in [1.82, 2.24) is 9.97 Å². The quantitative estimate of drug-likeness (QED) is 0.753. The number of benzene rings is 1. The van der Waals surface area contributed by atoms with Crippen LogP contribution in [0, 0.1) is 0 Å². The van der Waals surface area contributed by atoms with E-state index in [-0.39, 0.29) is 23.0 Å². The zero-order valence-electron chi connectivity index (χ0n) is 10.1. The van der Waals surface area contributed by atoms with E-state index in [9.17, 15) is 9.90 Å². The molecule has 5 heteroatoms. The van der Waals surface area contributed by atoms with Crippen molar-refractivity contribution >= 4 is 0 Å². The summed E-state index contributed by atoms with van der Waals surface area (Å²) in [5, 5.41) is 9.87. The van der Waals surface area contributed by atoms with Crippen LogP contribution in [0.25, 0.3) is 11.1 Å². The standard InChI is InChI=1S/C13H15N3O2/c1-8(14)7-10-15-12(17)11(13(18)16-10)9-5-3-2-4-6-9/h2-6,8H,7,14H2,1H3,(H2,15,16,17,18). The highest BCUT2D eigenvalue weighted by atomic mass is 16.3. The van der Waals surface area contributed by atoms with Crippen LogP contribution in [0.5, 0.6) is 5.88 Å². The van der Waals surface area contributed by atoms with Crippen molar-refractivity contribution in [3.63, 3.8) is 0 Å². The SMILES string of the molecule is CC(N)Cc1nc(O)c(-c2ccccc2)c(=O)[nH]1. The highest BCUT2D eigenvalue weighted by Crippen LogP contribution is 2.22. The van der Waals surface area contributed by atoms with Gasteiger partial charge >= 0.3 is 0 Å². The number of hydrogen-bond donors (Lipinski definition) is 3. The van der Waals surface area contributed by atoms with Crippen molar-refractivity contribution in [1.29, 1.82) is 0 Å². The van der Waals surface area contributed by atoms with Gasteiger partial charge in [0, 0.05) is 12.5 Å². The molecule has 5 nitrogen and oxygen atoms in total. The lowest BCUT2D eigenvalue weighted by Crippen LogP contribution is -2.22. The molecule has 0 bridgehead atoms. The van der Waals surface area contributed by atoms with Crippen LogP contribution >= 0.6 is 0 Å². The Morgan fingerprint density at radius 3 is 2.61 bits per heavy atom. The number of nitrogens with one attached hydrogen (secondary N) is 1. The molecule has 0 aliphatic heterocycles. The number of aromatic nitrogens is 2. The first kappa shape index (κ1) is 12.3. The van der Waals surface area contributed by atoms with Gasteiger partial charge in [-0.1, -0.05) is 30.3 Å². The van der Waals surface area contributed by atoms with Crippen LogP contribution in [-0.4, -0.2) is 21.1 Å². The molecule has 1 aromatic carbocycles. The van der Waals surface area contributed by atoms with Gasteiger partial charge in [-0.05, 0) is 12.5 Å². The maximum absolute atomic E-state index is 11.9. The number of nitrogens with zero attached hydrogens (tertiary/aromatic N) is 1. The van der Waals surface area contributed by atoms with E-state index in [1.54, 1.807) is 24.3 Å². The average molecular weight is 245 g/mol. The zero-order valence-corrected chi connectivity index (χ0v) is 10.1. The molecule has 1 heterocycles. The number of aromatic amines is 1. The smallest absolute Gasteiger partial charge is 0.262 e. The van der Waals surface area contributed by atoms with Crippen LogP contribution < -0.4 is 11.3 Å². The van der Waals surface area contributed by atoms with Gasteiger partial charge in [0.2, 0.25) is 5.88 Å². The Hall–Kier alpha value is -2.14. The minimum atomic E-state index is -0.357. The van der Waals surface area contributed by atoms with Crippen LogP contribution in [0.15, 0.2) is 35.1 Å². The van der Waals surface area contributed by atoms with Crippen LogP contribution in [-0.2, 0) is 6.42 Å². The third-order valence-electron chi connectivity index (χ3n) is 2.53. The molecule has 0 aliphatic carbocycles. The molecule has 0 amide bonds. The fraction of sp³-hybridized carbons (Fsp3) is 0.231. The second-order valence-electron chi connectivity index (χ2n) is 4.26. The molecule has 1 aromatic heterocycles. The minimum absolute atomic E-state index is 0.130. The summed E-state index contributed by atoms with van der Waals surface area (Å²) in [7, 11) is 0. The van der Waals surface area contributed by atoms with Gasteiger partial charge in [-0.2, -0.15) is 4.98 Å². The summed E-state index contributed by atoms with van der Waals surface area (Å²) in [4.78, 5) is 18.6. The molecule has 18 heavy (non-hydrogen) atoms. The molecule has 0 saturated carbocycles. The van der Waals surface area contributed by atoms with Gasteiger partial charge in [-0.15, -0.1) is 0 Å². The van der Waals surface area contributed by atoms with Gasteiger partial charge < -0.3 is 15.8 Å². The first-order valence-electron chi connectivity index (χ1n) is 5.71. The molecule has 0 aliphatic rings. The minimum Gasteiger partial charge on any atom is -0.493 e. The fourth-order valence-corrected chi connectivity index (χ4v) is 1.77. The van der Waals surface area contributed by atoms with E-state index in [2.05, 4.69) is 9.97 Å². The Balaban J connectivity index is 2.49. The van der Waals surface area contributed by atoms with Crippen molar-refractivity contribution in [2.75, 3.05) is 0 Å². The molecule has 4 N–H and O–H groups in total. The van der Waals surface area contributed by atoms with Gasteiger partial charge in [-0.3, -0.25) is 4.79 Å². The third kappa shape index (κ3) is 2.57. The second-order valence-corrected chi connectivity index (χ2v) is 4.26. The summed E-state index contributed by atoms with van der Waals surface area (Å²) in [6.07, 6.45) is 0.415. The molecule has 0 spiro atoms. The van der Waals surface area contributed by atoms with Crippen molar-refractivity contribution < 1.29 is 5.11 Å². The van der Waals surface area contributed by atoms with E-state index in [0.717, 1.165) is 0 Å². The fourth-order valence-electron chi connectivity index (χ4n) is 1.77. The summed E-state index contributed by atoms with van der Waals surface area (Å²) < 4.78 is 0. The Morgan fingerprint density at radius 1 is 1.39 bits per heavy atom. The van der Waals surface area contributed by atoms with E-state index >= 15 is 0 Å². The van der Waals surface area contributed by atoms with Crippen LogP contribution in [0.4, 0.5) is 0 Å². The summed E-state index contributed by atoms with van der Waals surface area (Å²) in [6, 6.07) is 8.80. The predicted molar refractivity (Wildman–Crippen MR) is 69.3 cm³/mol. The monoisotopic (exact) mass is 245 g/mol. The number of rotatable bonds is 3. The first-order valence-corrected chi connectivity index (χ1v) is 5.71. The van der Waals surface area contributed by atoms with Gasteiger partial charge in [0.25, 0.3) is 5.56 Å². The van der Waals surface area contributed by atoms with E-state index in [0.29, 0.717) is 17.8 Å². The van der Waals surface area contributed by atoms with Crippen LogP contribution in [0.3, 0.4) is 0 Å². The first-order chi connectivity index (χ1) is 8.58. The topological polar surface area (TPSA) is 92.0 Å². The van der Waals surface area contributed by atoms with Crippen LogP contribution in [0.1, 0.15) is 12.7 Å². The summed E-state index contributed by atoms with van der Waals surface area (Å²) >= 11 is 0. The molecule has 0 fully saturated rings. The molecular weight excluding hydrogens is 230 g/mol. The van der Waals surface area contributed by atoms with Crippen molar-refractivity contribution in [3.05, 3.63) is 46.5 Å².